The van der Waals surface area contributed by atoms with Crippen LogP contribution in [0.5, 0.6) is 0 Å². The Morgan fingerprint density at radius 1 is 0.372 bits per heavy atom. The Hall–Kier alpha value is -4.82. The van der Waals surface area contributed by atoms with Crippen LogP contribution >= 0.6 is 0 Å². The van der Waals surface area contributed by atoms with Crippen molar-refractivity contribution in [2.45, 2.75) is 0 Å². The van der Waals surface area contributed by atoms with Crippen molar-refractivity contribution in [3.05, 3.63) is 145 Å². The van der Waals surface area contributed by atoms with Gasteiger partial charge in [-0.2, -0.15) is 0 Å². The summed E-state index contributed by atoms with van der Waals surface area (Å²) in [6.45, 7) is 0. The molecule has 0 saturated carbocycles. The van der Waals surface area contributed by atoms with Crippen LogP contribution in [0, 0.1) is 11.6 Å². The summed E-state index contributed by atoms with van der Waals surface area (Å²) >= 11 is 0.0273. The van der Waals surface area contributed by atoms with Crippen LogP contribution in [-0.4, -0.2) is 14.5 Å². The number of fused-ring (bicyclic) bond motifs is 7. The Kier molecular flexibility index (Phi) is 5.38. The van der Waals surface area contributed by atoms with Crippen LogP contribution in [0.4, 0.5) is 8.78 Å². The molecule has 0 fully saturated rings. The van der Waals surface area contributed by atoms with E-state index in [9.17, 15) is 0 Å². The third-order valence-corrected chi connectivity index (χ3v) is 11.3. The molecule has 0 unspecified atom stereocenters. The minimum atomic E-state index is -0.170. The molecule has 0 saturated heterocycles. The van der Waals surface area contributed by atoms with Crippen molar-refractivity contribution < 1.29 is 8.78 Å². The number of hydrogen-bond acceptors (Lipinski definition) is 0. The zero-order valence-electron chi connectivity index (χ0n) is 22.9. The summed E-state index contributed by atoms with van der Waals surface area (Å²) in [6, 6.07) is 44.5. The predicted molar refractivity (Wildman–Crippen MR) is 179 cm³/mol. The third-order valence-electron chi connectivity index (χ3n) is 8.79. The average molecular weight is 620 g/mol. The van der Waals surface area contributed by atoms with Gasteiger partial charge in [-0.15, -0.1) is 0 Å². The Morgan fingerprint density at radius 3 is 1.33 bits per heavy atom. The molecule has 0 radical (unpaired) electrons. The van der Waals surface area contributed by atoms with Gasteiger partial charge in [0.25, 0.3) is 0 Å². The molecule has 0 atom stereocenters. The van der Waals surface area contributed by atoms with Gasteiger partial charge in [-0.3, -0.25) is 0 Å². The van der Waals surface area contributed by atoms with Crippen LogP contribution in [0.1, 0.15) is 0 Å². The number of halogens is 2. The second-order valence-corrected chi connectivity index (χ2v) is 13.3. The molecule has 0 aliphatic carbocycles. The molecule has 202 valence electrons. The SMILES string of the molecule is Fc1c2ccccc2c(-c2ccc3c(c2)[se]c2c(-c4c5ccccc5c(F)c5ccccc45)cccc23)c2ccccc12. The molecular formula is C40H22F2Se. The summed E-state index contributed by atoms with van der Waals surface area (Å²) < 4.78 is 33.9. The number of rotatable bonds is 2. The van der Waals surface area contributed by atoms with Crippen LogP contribution < -0.4 is 0 Å². The molecule has 8 aromatic carbocycles. The van der Waals surface area contributed by atoms with Gasteiger partial charge in [-0.1, -0.05) is 0 Å². The second-order valence-electron chi connectivity index (χ2n) is 11.1. The second kappa shape index (κ2) is 9.34. The molecule has 0 aliphatic rings. The summed E-state index contributed by atoms with van der Waals surface area (Å²) in [6.07, 6.45) is 0. The first-order valence-electron chi connectivity index (χ1n) is 14.3. The molecule has 0 aliphatic heterocycles. The summed E-state index contributed by atoms with van der Waals surface area (Å²) in [4.78, 5) is 0. The van der Waals surface area contributed by atoms with Crippen LogP contribution in [0.2, 0.25) is 0 Å². The first kappa shape index (κ1) is 24.7. The minimum absolute atomic E-state index is 0.0273. The average Bonchev–Trinajstić information content (AvgIpc) is 3.44. The summed E-state index contributed by atoms with van der Waals surface area (Å²) in [5.41, 5.74) is 4.42. The van der Waals surface area contributed by atoms with Crippen molar-refractivity contribution in [3.8, 4) is 22.3 Å². The van der Waals surface area contributed by atoms with Crippen LogP contribution in [0.25, 0.3) is 84.6 Å². The Morgan fingerprint density at radius 2 is 0.814 bits per heavy atom. The predicted octanol–water partition coefficient (Wildman–Crippen LogP) is 11.3. The normalized spacial score (nSPS) is 12.0. The molecule has 9 aromatic rings. The van der Waals surface area contributed by atoms with Gasteiger partial charge in [-0.05, 0) is 0 Å². The summed E-state index contributed by atoms with van der Waals surface area (Å²) in [5, 5.41) is 8.78. The van der Waals surface area contributed by atoms with E-state index in [-0.39, 0.29) is 26.1 Å². The zero-order chi connectivity index (χ0) is 28.7. The van der Waals surface area contributed by atoms with Crippen LogP contribution in [0.15, 0.2) is 133 Å². The molecule has 0 spiro atoms. The van der Waals surface area contributed by atoms with Crippen molar-refractivity contribution >= 4 is 76.9 Å². The van der Waals surface area contributed by atoms with Crippen molar-refractivity contribution in [3.63, 3.8) is 0 Å². The molecule has 9 rings (SSSR count). The van der Waals surface area contributed by atoms with Gasteiger partial charge in [-0.25, -0.2) is 0 Å². The Labute approximate surface area is 252 Å². The standard InChI is InChI=1S/C40H22F2Se/c41-38-29-14-5-1-10-25(29)36(26-11-2-6-15-30(26)38)23-20-21-24-33-18-9-19-34(40(33)43-35(24)22-23)37-27-12-3-7-16-31(27)39(42)32-17-8-4-13-28(32)37/h1-22H. The van der Waals surface area contributed by atoms with Gasteiger partial charge >= 0.3 is 253 Å². The third kappa shape index (κ3) is 3.53. The molecule has 0 bridgehead atoms. The summed E-state index contributed by atoms with van der Waals surface area (Å²) in [7, 11) is 0. The van der Waals surface area contributed by atoms with Crippen LogP contribution in [-0.2, 0) is 0 Å². The first-order valence-corrected chi connectivity index (χ1v) is 16.0. The van der Waals surface area contributed by atoms with E-state index in [1.807, 2.05) is 97.1 Å². The monoisotopic (exact) mass is 620 g/mol. The van der Waals surface area contributed by atoms with E-state index in [2.05, 4.69) is 36.4 Å². The molecule has 0 amide bonds. The van der Waals surface area contributed by atoms with Gasteiger partial charge < -0.3 is 0 Å². The van der Waals surface area contributed by atoms with Crippen molar-refractivity contribution in [1.29, 1.82) is 0 Å². The maximum atomic E-state index is 15.7. The van der Waals surface area contributed by atoms with E-state index in [1.54, 1.807) is 0 Å². The molecule has 0 N–H and O–H groups in total. The fourth-order valence-corrected chi connectivity index (χ4v) is 9.55. The van der Waals surface area contributed by atoms with Crippen LogP contribution in [0.3, 0.4) is 0 Å². The first-order chi connectivity index (χ1) is 21.2. The molecule has 43 heavy (non-hydrogen) atoms. The van der Waals surface area contributed by atoms with Crippen molar-refractivity contribution in [2.24, 2.45) is 0 Å². The molecular weight excluding hydrogens is 597 g/mol. The van der Waals surface area contributed by atoms with Crippen molar-refractivity contribution in [2.75, 3.05) is 0 Å². The Balaban J connectivity index is 1.35. The molecule has 1 aromatic heterocycles. The fourth-order valence-electron chi connectivity index (χ4n) is 6.90. The topological polar surface area (TPSA) is 0 Å². The number of hydrogen-bond donors (Lipinski definition) is 0. The van der Waals surface area contributed by atoms with Gasteiger partial charge in [0, 0.05) is 0 Å². The van der Waals surface area contributed by atoms with E-state index in [0.717, 1.165) is 38.2 Å². The van der Waals surface area contributed by atoms with Gasteiger partial charge in [0.1, 0.15) is 0 Å². The van der Waals surface area contributed by atoms with E-state index in [4.69, 9.17) is 0 Å². The van der Waals surface area contributed by atoms with E-state index < -0.39 is 0 Å². The summed E-state index contributed by atoms with van der Waals surface area (Å²) in [5.74, 6) is -0.337. The number of benzene rings is 8. The molecule has 3 heteroatoms. The molecule has 1 heterocycles. The molecule has 0 nitrogen and oxygen atoms in total. The Bertz CT molecular complexity index is 2480. The van der Waals surface area contributed by atoms with E-state index in [1.165, 1.54) is 24.9 Å². The van der Waals surface area contributed by atoms with Gasteiger partial charge in [0.15, 0.2) is 0 Å². The van der Waals surface area contributed by atoms with Crippen molar-refractivity contribution in [1.82, 2.24) is 0 Å². The fraction of sp³-hybridized carbons (Fsp3) is 0. The zero-order valence-corrected chi connectivity index (χ0v) is 24.6. The van der Waals surface area contributed by atoms with Gasteiger partial charge in [0.05, 0.1) is 0 Å². The van der Waals surface area contributed by atoms with Gasteiger partial charge in [0.2, 0.25) is 0 Å². The maximum absolute atomic E-state index is 15.7. The quantitative estimate of drug-likeness (QED) is 0.133. The van der Waals surface area contributed by atoms with E-state index >= 15 is 8.78 Å². The van der Waals surface area contributed by atoms with E-state index in [0.29, 0.717) is 21.5 Å².